The summed E-state index contributed by atoms with van der Waals surface area (Å²) in [5, 5.41) is 2.98. The van der Waals surface area contributed by atoms with Gasteiger partial charge in [-0.25, -0.2) is 4.79 Å². The summed E-state index contributed by atoms with van der Waals surface area (Å²) in [5.74, 6) is -0.853. The first kappa shape index (κ1) is 13.3. The second-order valence-corrected chi connectivity index (χ2v) is 3.65. The standard InChI is InChI=1S/C12H12ClNO3/c1-8(15)14-11(7-12(16)17-2)9-5-3-4-6-10(9)13/h3-7H,1-2H3,(H,14,15)/b11-7+. The van der Waals surface area contributed by atoms with Crippen LogP contribution in [-0.4, -0.2) is 19.0 Å². The van der Waals surface area contributed by atoms with E-state index in [0.29, 0.717) is 16.3 Å². The maximum Gasteiger partial charge on any atom is 0.332 e. The van der Waals surface area contributed by atoms with Crippen LogP contribution in [0.3, 0.4) is 0 Å². The van der Waals surface area contributed by atoms with Crippen LogP contribution in [-0.2, 0) is 14.3 Å². The minimum absolute atomic E-state index is 0.292. The Morgan fingerprint density at radius 3 is 2.53 bits per heavy atom. The first-order valence-electron chi connectivity index (χ1n) is 4.86. The zero-order valence-electron chi connectivity index (χ0n) is 9.49. The highest BCUT2D eigenvalue weighted by Crippen LogP contribution is 2.21. The summed E-state index contributed by atoms with van der Waals surface area (Å²) in [6, 6.07) is 6.89. The molecule has 0 aromatic heterocycles. The van der Waals surface area contributed by atoms with Crippen LogP contribution in [0.1, 0.15) is 12.5 Å². The normalized spacial score (nSPS) is 10.9. The second-order valence-electron chi connectivity index (χ2n) is 3.24. The van der Waals surface area contributed by atoms with Gasteiger partial charge in [-0.3, -0.25) is 4.79 Å². The van der Waals surface area contributed by atoms with Crippen molar-refractivity contribution in [2.24, 2.45) is 0 Å². The molecular formula is C12H12ClNO3. The number of nitrogens with one attached hydrogen (secondary N) is 1. The maximum atomic E-state index is 11.2. The molecule has 0 spiro atoms. The van der Waals surface area contributed by atoms with E-state index >= 15 is 0 Å². The number of carbonyl (C=O) groups is 2. The zero-order valence-corrected chi connectivity index (χ0v) is 10.2. The lowest BCUT2D eigenvalue weighted by Crippen LogP contribution is -2.19. The van der Waals surface area contributed by atoms with Gasteiger partial charge in [0.1, 0.15) is 0 Å². The highest BCUT2D eigenvalue weighted by Gasteiger charge is 2.09. The van der Waals surface area contributed by atoms with Gasteiger partial charge in [0.15, 0.2) is 0 Å². The fourth-order valence-electron chi connectivity index (χ4n) is 1.23. The van der Waals surface area contributed by atoms with Crippen LogP contribution in [0.5, 0.6) is 0 Å². The molecule has 0 aliphatic heterocycles. The zero-order chi connectivity index (χ0) is 12.8. The predicted octanol–water partition coefficient (Wildman–Crippen LogP) is 1.99. The molecule has 1 aromatic carbocycles. The molecule has 0 unspecified atom stereocenters. The molecule has 0 fully saturated rings. The molecule has 0 radical (unpaired) electrons. The first-order chi connectivity index (χ1) is 8.04. The molecule has 1 N–H and O–H groups in total. The Labute approximate surface area is 104 Å². The van der Waals surface area contributed by atoms with Gasteiger partial charge in [0.2, 0.25) is 5.91 Å². The third-order valence-corrected chi connectivity index (χ3v) is 2.27. The number of ether oxygens (including phenoxy) is 1. The average molecular weight is 254 g/mol. The molecule has 0 saturated carbocycles. The Hall–Kier alpha value is -1.81. The molecule has 1 aromatic rings. The van der Waals surface area contributed by atoms with Crippen molar-refractivity contribution >= 4 is 29.2 Å². The van der Waals surface area contributed by atoms with E-state index in [1.165, 1.54) is 20.1 Å². The van der Waals surface area contributed by atoms with Crippen LogP contribution >= 0.6 is 11.6 Å². The molecule has 0 aliphatic rings. The van der Waals surface area contributed by atoms with Crippen molar-refractivity contribution in [1.29, 1.82) is 0 Å². The minimum atomic E-state index is -0.561. The predicted molar refractivity (Wildman–Crippen MR) is 65.3 cm³/mol. The molecule has 17 heavy (non-hydrogen) atoms. The SMILES string of the molecule is COC(=O)/C=C(/NC(C)=O)c1ccccc1Cl. The number of esters is 1. The molecule has 90 valence electrons. The summed E-state index contributed by atoms with van der Waals surface area (Å²) in [6.45, 7) is 1.35. The lowest BCUT2D eigenvalue weighted by molar-refractivity contribution is -0.134. The van der Waals surface area contributed by atoms with Crippen molar-refractivity contribution in [2.75, 3.05) is 7.11 Å². The largest absolute Gasteiger partial charge is 0.466 e. The van der Waals surface area contributed by atoms with Crippen molar-refractivity contribution in [3.05, 3.63) is 40.9 Å². The molecule has 1 rings (SSSR count). The number of methoxy groups -OCH3 is 1. The van der Waals surface area contributed by atoms with Gasteiger partial charge in [-0.1, -0.05) is 29.8 Å². The van der Waals surface area contributed by atoms with Gasteiger partial charge in [0.05, 0.1) is 12.8 Å². The monoisotopic (exact) mass is 253 g/mol. The van der Waals surface area contributed by atoms with Crippen molar-refractivity contribution < 1.29 is 14.3 Å². The summed E-state index contributed by atoms with van der Waals surface area (Å²) < 4.78 is 4.51. The van der Waals surface area contributed by atoms with E-state index in [2.05, 4.69) is 10.1 Å². The molecule has 5 heteroatoms. The summed E-state index contributed by atoms with van der Waals surface area (Å²) >= 11 is 5.98. The summed E-state index contributed by atoms with van der Waals surface area (Å²) in [7, 11) is 1.26. The Bertz CT molecular complexity index is 469. The second kappa shape index (κ2) is 6.06. The number of amides is 1. The van der Waals surface area contributed by atoms with Gasteiger partial charge in [-0.05, 0) is 6.07 Å². The van der Waals surface area contributed by atoms with E-state index in [1.54, 1.807) is 24.3 Å². The first-order valence-corrected chi connectivity index (χ1v) is 5.24. The van der Waals surface area contributed by atoms with Crippen molar-refractivity contribution in [1.82, 2.24) is 5.32 Å². The Kier molecular flexibility index (Phi) is 4.72. The molecule has 0 heterocycles. The van der Waals surface area contributed by atoms with E-state index in [1.807, 2.05) is 0 Å². The Morgan fingerprint density at radius 1 is 1.35 bits per heavy atom. The van der Waals surface area contributed by atoms with Gasteiger partial charge in [0, 0.05) is 23.6 Å². The maximum absolute atomic E-state index is 11.2. The number of hydrogen-bond donors (Lipinski definition) is 1. The van der Waals surface area contributed by atoms with Crippen LogP contribution in [0.4, 0.5) is 0 Å². The number of rotatable bonds is 3. The fraction of sp³-hybridized carbons (Fsp3) is 0.167. The Morgan fingerprint density at radius 2 is 2.00 bits per heavy atom. The fourth-order valence-corrected chi connectivity index (χ4v) is 1.46. The summed E-state index contributed by atoms with van der Waals surface area (Å²) in [5.41, 5.74) is 0.879. The third-order valence-electron chi connectivity index (χ3n) is 1.94. The number of halogens is 1. The van der Waals surface area contributed by atoms with Crippen LogP contribution in [0.2, 0.25) is 5.02 Å². The number of hydrogen-bond acceptors (Lipinski definition) is 3. The van der Waals surface area contributed by atoms with Crippen molar-refractivity contribution in [2.45, 2.75) is 6.92 Å². The van der Waals surface area contributed by atoms with Gasteiger partial charge < -0.3 is 10.1 Å². The van der Waals surface area contributed by atoms with Crippen LogP contribution in [0.15, 0.2) is 30.3 Å². The van der Waals surface area contributed by atoms with Crippen LogP contribution in [0, 0.1) is 0 Å². The van der Waals surface area contributed by atoms with Gasteiger partial charge in [0.25, 0.3) is 0 Å². The molecule has 0 bridgehead atoms. The van der Waals surface area contributed by atoms with E-state index in [4.69, 9.17) is 11.6 Å². The van der Waals surface area contributed by atoms with Gasteiger partial charge in [-0.2, -0.15) is 0 Å². The van der Waals surface area contributed by atoms with Crippen LogP contribution < -0.4 is 5.32 Å². The average Bonchev–Trinajstić information content (AvgIpc) is 2.28. The lowest BCUT2D eigenvalue weighted by atomic mass is 10.1. The van der Waals surface area contributed by atoms with E-state index < -0.39 is 5.97 Å². The minimum Gasteiger partial charge on any atom is -0.466 e. The topological polar surface area (TPSA) is 55.4 Å². The quantitative estimate of drug-likeness (QED) is 0.662. The highest BCUT2D eigenvalue weighted by molar-refractivity contribution is 6.32. The molecule has 1 amide bonds. The molecule has 0 saturated heterocycles. The molecule has 0 aliphatic carbocycles. The van der Waals surface area contributed by atoms with E-state index in [-0.39, 0.29) is 5.91 Å². The van der Waals surface area contributed by atoms with Gasteiger partial charge in [-0.15, -0.1) is 0 Å². The highest BCUT2D eigenvalue weighted by atomic mass is 35.5. The molecular weight excluding hydrogens is 242 g/mol. The smallest absolute Gasteiger partial charge is 0.332 e. The summed E-state index contributed by atoms with van der Waals surface area (Å²) in [4.78, 5) is 22.3. The van der Waals surface area contributed by atoms with Crippen LogP contribution in [0.25, 0.3) is 5.70 Å². The molecule has 4 nitrogen and oxygen atoms in total. The van der Waals surface area contributed by atoms with Crippen molar-refractivity contribution in [3.63, 3.8) is 0 Å². The molecule has 0 atom stereocenters. The van der Waals surface area contributed by atoms with Gasteiger partial charge >= 0.3 is 5.97 Å². The lowest BCUT2D eigenvalue weighted by Gasteiger charge is -2.09. The Balaban J connectivity index is 3.15. The number of carbonyl (C=O) groups excluding carboxylic acids is 2. The van der Waals surface area contributed by atoms with Crippen molar-refractivity contribution in [3.8, 4) is 0 Å². The van der Waals surface area contributed by atoms with E-state index in [9.17, 15) is 9.59 Å². The summed E-state index contributed by atoms with van der Waals surface area (Å²) in [6.07, 6.45) is 1.18. The number of benzene rings is 1. The van der Waals surface area contributed by atoms with E-state index in [0.717, 1.165) is 0 Å². The third kappa shape index (κ3) is 3.92.